The molecule has 0 aliphatic carbocycles. The number of hydrogen-bond acceptors (Lipinski definition) is 2. The molecule has 104 valence electrons. The van der Waals surface area contributed by atoms with Gasteiger partial charge >= 0.3 is 0 Å². The molecule has 0 amide bonds. The van der Waals surface area contributed by atoms with Gasteiger partial charge in [0.2, 0.25) is 4.92 Å². The summed E-state index contributed by atoms with van der Waals surface area (Å²) >= 11 is 0. The molecule has 0 unspecified atom stereocenters. The molecule has 3 rings (SSSR count). The van der Waals surface area contributed by atoms with E-state index in [0.717, 1.165) is 39.6 Å². The Labute approximate surface area is 121 Å². The number of H-pyrrole nitrogens is 1. The first-order chi connectivity index (χ1) is 10.1. The third kappa shape index (κ3) is 2.53. The van der Waals surface area contributed by atoms with Gasteiger partial charge in [-0.2, -0.15) is 0 Å². The van der Waals surface area contributed by atoms with Crippen LogP contribution in [-0.2, 0) is 0 Å². The molecule has 5 nitrogen and oxygen atoms in total. The van der Waals surface area contributed by atoms with Gasteiger partial charge in [-0.3, -0.25) is 0 Å². The number of benzene rings is 1. The summed E-state index contributed by atoms with van der Waals surface area (Å²) in [7, 11) is 0. The van der Waals surface area contributed by atoms with E-state index in [1.54, 1.807) is 12.3 Å². The van der Waals surface area contributed by atoms with Gasteiger partial charge < -0.3 is 4.98 Å². The predicted molar refractivity (Wildman–Crippen MR) is 80.7 cm³/mol. The van der Waals surface area contributed by atoms with E-state index in [-0.39, 0.29) is 4.92 Å². The first kappa shape index (κ1) is 13.1. The number of rotatable bonds is 3. The molecule has 0 saturated heterocycles. The molecule has 3 aromatic rings. The van der Waals surface area contributed by atoms with Crippen molar-refractivity contribution >= 4 is 17.1 Å². The molecule has 0 spiro atoms. The van der Waals surface area contributed by atoms with Crippen molar-refractivity contribution in [3.63, 3.8) is 0 Å². The number of nitrogens with zero attached hydrogens (tertiary/aromatic N) is 2. The summed E-state index contributed by atoms with van der Waals surface area (Å²) in [6, 6.07) is 11.7. The fourth-order valence-corrected chi connectivity index (χ4v) is 2.43. The van der Waals surface area contributed by atoms with Crippen molar-refractivity contribution in [1.29, 1.82) is 0 Å². The molecule has 2 aromatic heterocycles. The monoisotopic (exact) mass is 280 g/mol. The van der Waals surface area contributed by atoms with Crippen molar-refractivity contribution in [2.45, 2.75) is 6.92 Å². The number of pyridine rings is 1. The lowest BCUT2D eigenvalue weighted by molar-refractivity contribution is -0.741. The molecular weight excluding hydrogens is 266 g/mol. The molecule has 0 aliphatic rings. The van der Waals surface area contributed by atoms with Crippen molar-refractivity contribution < 1.29 is 10.1 Å². The maximum atomic E-state index is 10.4. The van der Waals surface area contributed by atoms with Crippen molar-refractivity contribution in [2.24, 2.45) is 0 Å². The van der Waals surface area contributed by atoms with Gasteiger partial charge in [0, 0.05) is 28.9 Å². The van der Waals surface area contributed by atoms with Crippen LogP contribution < -0.4 is 0 Å². The Morgan fingerprint density at radius 3 is 2.71 bits per heavy atom. The molecule has 1 aromatic carbocycles. The predicted octanol–water partition coefficient (Wildman–Crippen LogP) is 3.68. The van der Waals surface area contributed by atoms with Crippen LogP contribution in [0.5, 0.6) is 0 Å². The average molecular weight is 280 g/mol. The zero-order valence-electron chi connectivity index (χ0n) is 11.4. The molecule has 0 bridgehead atoms. The lowest BCUT2D eigenvalue weighted by atomic mass is 10.0. The van der Waals surface area contributed by atoms with Gasteiger partial charge in [0.15, 0.2) is 0 Å². The molecule has 2 heterocycles. The number of aryl methyl sites for hydroxylation is 1. The van der Waals surface area contributed by atoms with Crippen LogP contribution in [0.4, 0.5) is 0 Å². The van der Waals surface area contributed by atoms with Crippen LogP contribution >= 0.6 is 0 Å². The highest BCUT2D eigenvalue weighted by Gasteiger charge is 2.10. The highest BCUT2D eigenvalue weighted by molar-refractivity contribution is 5.95. The van der Waals surface area contributed by atoms with Crippen LogP contribution in [0.15, 0.2) is 48.8 Å². The maximum absolute atomic E-state index is 10.4. The van der Waals surface area contributed by atoms with E-state index in [0.29, 0.717) is 0 Å². The SMILES string of the molecule is Cc1[nH]c2ncccc2c1-c1ccc(/C=C/[N+](=O)O)cc1. The first-order valence-electron chi connectivity index (χ1n) is 6.52. The normalized spacial score (nSPS) is 11.3. The van der Waals surface area contributed by atoms with Crippen molar-refractivity contribution in [2.75, 3.05) is 0 Å². The summed E-state index contributed by atoms with van der Waals surface area (Å²) in [4.78, 5) is 17.8. The van der Waals surface area contributed by atoms with Gasteiger partial charge in [-0.1, -0.05) is 24.3 Å². The summed E-state index contributed by atoms with van der Waals surface area (Å²) in [5.41, 5.74) is 4.97. The number of aromatic nitrogens is 2. The van der Waals surface area contributed by atoms with E-state index in [2.05, 4.69) is 9.97 Å². The van der Waals surface area contributed by atoms with E-state index >= 15 is 0 Å². The van der Waals surface area contributed by atoms with Crippen LogP contribution in [0.25, 0.3) is 28.2 Å². The van der Waals surface area contributed by atoms with Crippen LogP contribution in [0, 0.1) is 11.8 Å². The van der Waals surface area contributed by atoms with Crippen LogP contribution in [0.2, 0.25) is 0 Å². The van der Waals surface area contributed by atoms with Gasteiger partial charge in [-0.15, -0.1) is 0 Å². The minimum absolute atomic E-state index is 0.219. The first-order valence-corrected chi connectivity index (χ1v) is 6.52. The smallest absolute Gasteiger partial charge is 0.282 e. The van der Waals surface area contributed by atoms with Crippen molar-refractivity contribution in [3.05, 3.63) is 65.0 Å². The van der Waals surface area contributed by atoms with Crippen molar-refractivity contribution in [3.8, 4) is 11.1 Å². The Morgan fingerprint density at radius 1 is 1.24 bits per heavy atom. The van der Waals surface area contributed by atoms with E-state index in [4.69, 9.17) is 5.21 Å². The average Bonchev–Trinajstić information content (AvgIpc) is 2.81. The molecular formula is C16H14N3O2+. The fraction of sp³-hybridized carbons (Fsp3) is 0.0625. The third-order valence-corrected chi connectivity index (χ3v) is 3.35. The summed E-state index contributed by atoms with van der Waals surface area (Å²) < 4.78 is 0. The second kappa shape index (κ2) is 5.20. The Morgan fingerprint density at radius 2 is 2.00 bits per heavy atom. The summed E-state index contributed by atoms with van der Waals surface area (Å²) in [6.45, 7) is 2.02. The van der Waals surface area contributed by atoms with Gasteiger partial charge in [-0.25, -0.2) is 10.2 Å². The second-order valence-corrected chi connectivity index (χ2v) is 4.76. The van der Waals surface area contributed by atoms with Crippen LogP contribution in [-0.4, -0.2) is 20.1 Å². The largest absolute Gasteiger partial charge is 0.343 e. The quantitative estimate of drug-likeness (QED) is 0.719. The Hall–Kier alpha value is -2.95. The molecule has 0 aliphatic heterocycles. The van der Waals surface area contributed by atoms with E-state index < -0.39 is 0 Å². The lowest BCUT2D eigenvalue weighted by Crippen LogP contribution is -1.87. The van der Waals surface area contributed by atoms with E-state index in [1.165, 1.54) is 0 Å². The molecule has 5 heteroatoms. The fourth-order valence-electron chi connectivity index (χ4n) is 2.43. The van der Waals surface area contributed by atoms with Crippen LogP contribution in [0.3, 0.4) is 0 Å². The standard InChI is InChI=1S/C16H14N3O2/c1-11-15(14-3-2-9-17-16(14)18-11)13-6-4-12(5-7-13)8-10-19(20)21/h2-10H,1H3,(H,17,18)(H,20,21)/q+1/b10-8+. The molecule has 0 radical (unpaired) electrons. The summed E-state index contributed by atoms with van der Waals surface area (Å²) in [5.74, 6) is 0. The minimum atomic E-state index is -0.219. The third-order valence-electron chi connectivity index (χ3n) is 3.35. The Balaban J connectivity index is 2.03. The van der Waals surface area contributed by atoms with Gasteiger partial charge in [0.25, 0.3) is 6.20 Å². The molecule has 0 fully saturated rings. The van der Waals surface area contributed by atoms with Gasteiger partial charge in [0.1, 0.15) is 5.65 Å². The highest BCUT2D eigenvalue weighted by Crippen LogP contribution is 2.31. The Bertz CT molecular complexity index is 832. The zero-order chi connectivity index (χ0) is 14.8. The lowest BCUT2D eigenvalue weighted by Gasteiger charge is -2.02. The number of nitrogens with one attached hydrogen (secondary N) is 1. The topological polar surface area (TPSA) is 69.0 Å². The Kier molecular flexibility index (Phi) is 3.23. The highest BCUT2D eigenvalue weighted by atomic mass is 16.6. The maximum Gasteiger partial charge on any atom is 0.282 e. The molecule has 21 heavy (non-hydrogen) atoms. The number of aromatic amines is 1. The summed E-state index contributed by atoms with van der Waals surface area (Å²) in [6.07, 6.45) is 4.36. The minimum Gasteiger partial charge on any atom is -0.343 e. The molecule has 0 atom stereocenters. The molecule has 0 saturated carbocycles. The van der Waals surface area contributed by atoms with E-state index in [1.807, 2.05) is 43.3 Å². The van der Waals surface area contributed by atoms with Crippen LogP contribution in [0.1, 0.15) is 11.3 Å². The summed E-state index contributed by atoms with van der Waals surface area (Å²) in [5, 5.41) is 9.64. The van der Waals surface area contributed by atoms with Crippen molar-refractivity contribution in [1.82, 2.24) is 9.97 Å². The number of fused-ring (bicyclic) bond motifs is 1. The van der Waals surface area contributed by atoms with E-state index in [9.17, 15) is 4.91 Å². The molecule has 2 N–H and O–H groups in total. The zero-order valence-corrected chi connectivity index (χ0v) is 11.4. The second-order valence-electron chi connectivity index (χ2n) is 4.76. The number of hydrogen-bond donors (Lipinski definition) is 2. The van der Waals surface area contributed by atoms with Gasteiger partial charge in [0.05, 0.1) is 4.91 Å². The van der Waals surface area contributed by atoms with Gasteiger partial charge in [-0.05, 0) is 30.2 Å².